The molecular formula is C22H31NO3. The van der Waals surface area contributed by atoms with E-state index < -0.39 is 0 Å². The SMILES string of the molecule is COc1ccc(CCN)c(OCCOc2c(C)cccc2C(C)(C)C)c1. The van der Waals surface area contributed by atoms with E-state index in [0.717, 1.165) is 34.8 Å². The summed E-state index contributed by atoms with van der Waals surface area (Å²) in [5.74, 6) is 2.53. The Balaban J connectivity index is 2.04. The third kappa shape index (κ3) is 5.15. The molecule has 2 rings (SSSR count). The topological polar surface area (TPSA) is 53.7 Å². The van der Waals surface area contributed by atoms with E-state index in [4.69, 9.17) is 19.9 Å². The van der Waals surface area contributed by atoms with Crippen LogP contribution in [0.4, 0.5) is 0 Å². The molecule has 26 heavy (non-hydrogen) atoms. The second-order valence-corrected chi connectivity index (χ2v) is 7.41. The molecule has 0 radical (unpaired) electrons. The zero-order valence-corrected chi connectivity index (χ0v) is 16.6. The maximum absolute atomic E-state index is 6.09. The number of nitrogens with two attached hydrogens (primary N) is 1. The summed E-state index contributed by atoms with van der Waals surface area (Å²) >= 11 is 0. The van der Waals surface area contributed by atoms with Crippen LogP contribution in [0.5, 0.6) is 17.2 Å². The highest BCUT2D eigenvalue weighted by Crippen LogP contribution is 2.33. The van der Waals surface area contributed by atoms with Crippen LogP contribution < -0.4 is 19.9 Å². The van der Waals surface area contributed by atoms with Gasteiger partial charge in [0.1, 0.15) is 30.5 Å². The van der Waals surface area contributed by atoms with E-state index in [-0.39, 0.29) is 5.41 Å². The number of hydrogen-bond acceptors (Lipinski definition) is 4. The molecule has 0 bridgehead atoms. The van der Waals surface area contributed by atoms with Gasteiger partial charge in [0.05, 0.1) is 7.11 Å². The van der Waals surface area contributed by atoms with E-state index in [9.17, 15) is 0 Å². The molecule has 4 nitrogen and oxygen atoms in total. The number of benzene rings is 2. The van der Waals surface area contributed by atoms with Gasteiger partial charge in [-0.05, 0) is 48.1 Å². The van der Waals surface area contributed by atoms with Gasteiger partial charge >= 0.3 is 0 Å². The Labute approximate surface area is 157 Å². The molecule has 0 saturated heterocycles. The Morgan fingerprint density at radius 3 is 2.38 bits per heavy atom. The Bertz CT molecular complexity index is 720. The summed E-state index contributed by atoms with van der Waals surface area (Å²) in [6.07, 6.45) is 0.770. The van der Waals surface area contributed by atoms with Crippen molar-refractivity contribution in [1.82, 2.24) is 0 Å². The van der Waals surface area contributed by atoms with E-state index in [1.54, 1.807) is 7.11 Å². The van der Waals surface area contributed by atoms with E-state index in [0.29, 0.717) is 19.8 Å². The van der Waals surface area contributed by atoms with Gasteiger partial charge in [-0.1, -0.05) is 45.0 Å². The molecule has 0 aromatic heterocycles. The van der Waals surface area contributed by atoms with Crippen molar-refractivity contribution in [2.75, 3.05) is 26.9 Å². The van der Waals surface area contributed by atoms with Gasteiger partial charge in [-0.25, -0.2) is 0 Å². The number of para-hydroxylation sites is 1. The monoisotopic (exact) mass is 357 g/mol. The fourth-order valence-corrected chi connectivity index (χ4v) is 2.89. The molecule has 2 aromatic rings. The van der Waals surface area contributed by atoms with Crippen LogP contribution in [0.1, 0.15) is 37.5 Å². The summed E-state index contributed by atoms with van der Waals surface area (Å²) in [7, 11) is 1.65. The third-order valence-corrected chi connectivity index (χ3v) is 4.30. The van der Waals surface area contributed by atoms with Crippen LogP contribution in [0, 0.1) is 6.92 Å². The Hall–Kier alpha value is -2.20. The number of rotatable bonds is 8. The zero-order chi connectivity index (χ0) is 19.2. The largest absolute Gasteiger partial charge is 0.497 e. The lowest BCUT2D eigenvalue weighted by molar-refractivity contribution is 0.211. The molecule has 0 unspecified atom stereocenters. The molecule has 2 aromatic carbocycles. The highest BCUT2D eigenvalue weighted by molar-refractivity contribution is 5.44. The molecule has 0 fully saturated rings. The van der Waals surface area contributed by atoms with Crippen LogP contribution in [-0.4, -0.2) is 26.9 Å². The first-order valence-electron chi connectivity index (χ1n) is 9.09. The molecule has 2 N–H and O–H groups in total. The number of methoxy groups -OCH3 is 1. The summed E-state index contributed by atoms with van der Waals surface area (Å²) in [6.45, 7) is 10.2. The molecule has 0 spiro atoms. The summed E-state index contributed by atoms with van der Waals surface area (Å²) in [4.78, 5) is 0. The third-order valence-electron chi connectivity index (χ3n) is 4.30. The van der Waals surface area contributed by atoms with Crippen molar-refractivity contribution in [1.29, 1.82) is 0 Å². The normalized spacial score (nSPS) is 11.3. The van der Waals surface area contributed by atoms with Crippen molar-refractivity contribution < 1.29 is 14.2 Å². The molecule has 0 amide bonds. The number of ether oxygens (including phenoxy) is 3. The van der Waals surface area contributed by atoms with E-state index >= 15 is 0 Å². The summed E-state index contributed by atoms with van der Waals surface area (Å²) in [5.41, 5.74) is 9.16. The summed E-state index contributed by atoms with van der Waals surface area (Å²) in [6, 6.07) is 12.1. The fourth-order valence-electron chi connectivity index (χ4n) is 2.89. The molecule has 0 aliphatic rings. The first-order valence-corrected chi connectivity index (χ1v) is 9.09. The Morgan fingerprint density at radius 2 is 1.73 bits per heavy atom. The summed E-state index contributed by atoms with van der Waals surface area (Å²) < 4.78 is 17.3. The zero-order valence-electron chi connectivity index (χ0n) is 16.6. The summed E-state index contributed by atoms with van der Waals surface area (Å²) in [5, 5.41) is 0. The first kappa shape index (κ1) is 20.1. The lowest BCUT2D eigenvalue weighted by Crippen LogP contribution is -2.17. The van der Waals surface area contributed by atoms with Crippen molar-refractivity contribution in [2.45, 2.75) is 39.5 Å². The van der Waals surface area contributed by atoms with Crippen LogP contribution >= 0.6 is 0 Å². The average molecular weight is 357 g/mol. The second kappa shape index (κ2) is 8.95. The predicted molar refractivity (Wildman–Crippen MR) is 107 cm³/mol. The van der Waals surface area contributed by atoms with E-state index in [1.165, 1.54) is 5.56 Å². The number of hydrogen-bond donors (Lipinski definition) is 1. The minimum Gasteiger partial charge on any atom is -0.497 e. The average Bonchev–Trinajstić information content (AvgIpc) is 2.60. The van der Waals surface area contributed by atoms with Crippen LogP contribution in [0.2, 0.25) is 0 Å². The molecule has 0 aliphatic carbocycles. The Morgan fingerprint density at radius 1 is 1.00 bits per heavy atom. The lowest BCUT2D eigenvalue weighted by atomic mass is 9.85. The van der Waals surface area contributed by atoms with Gasteiger partial charge in [0.15, 0.2) is 0 Å². The molecule has 0 heterocycles. The standard InChI is InChI=1S/C22H31NO3/c1-16-7-6-8-19(22(2,3)4)21(16)26-14-13-25-20-15-18(24-5)10-9-17(20)11-12-23/h6-10,15H,11-14,23H2,1-5H3. The van der Waals surface area contributed by atoms with Gasteiger partial charge in [-0.3, -0.25) is 0 Å². The van der Waals surface area contributed by atoms with Gasteiger partial charge in [0, 0.05) is 6.07 Å². The molecule has 0 atom stereocenters. The van der Waals surface area contributed by atoms with Gasteiger partial charge in [0.2, 0.25) is 0 Å². The molecule has 0 saturated carbocycles. The molecular weight excluding hydrogens is 326 g/mol. The van der Waals surface area contributed by atoms with Crippen LogP contribution in [-0.2, 0) is 11.8 Å². The van der Waals surface area contributed by atoms with Crippen molar-refractivity contribution in [3.8, 4) is 17.2 Å². The molecule has 142 valence electrons. The van der Waals surface area contributed by atoms with Gasteiger partial charge in [-0.2, -0.15) is 0 Å². The highest BCUT2D eigenvalue weighted by atomic mass is 16.5. The maximum atomic E-state index is 6.09. The fraction of sp³-hybridized carbons (Fsp3) is 0.455. The maximum Gasteiger partial charge on any atom is 0.126 e. The highest BCUT2D eigenvalue weighted by Gasteiger charge is 2.20. The Kier molecular flexibility index (Phi) is 6.92. The van der Waals surface area contributed by atoms with Gasteiger partial charge < -0.3 is 19.9 Å². The predicted octanol–water partition coefficient (Wildman–Crippen LogP) is 4.26. The minimum atomic E-state index is 0.0311. The van der Waals surface area contributed by atoms with E-state index in [1.807, 2.05) is 18.2 Å². The van der Waals surface area contributed by atoms with Crippen molar-refractivity contribution in [2.24, 2.45) is 5.73 Å². The van der Waals surface area contributed by atoms with Crippen LogP contribution in [0.15, 0.2) is 36.4 Å². The second-order valence-electron chi connectivity index (χ2n) is 7.41. The van der Waals surface area contributed by atoms with Gasteiger partial charge in [0.25, 0.3) is 0 Å². The first-order chi connectivity index (χ1) is 12.4. The minimum absolute atomic E-state index is 0.0311. The molecule has 0 aliphatic heterocycles. The van der Waals surface area contributed by atoms with Crippen LogP contribution in [0.3, 0.4) is 0 Å². The number of aryl methyl sites for hydroxylation is 1. The van der Waals surface area contributed by atoms with Crippen LogP contribution in [0.25, 0.3) is 0 Å². The van der Waals surface area contributed by atoms with Crippen molar-refractivity contribution >= 4 is 0 Å². The quantitative estimate of drug-likeness (QED) is 0.717. The lowest BCUT2D eigenvalue weighted by Gasteiger charge is -2.24. The molecule has 4 heteroatoms. The van der Waals surface area contributed by atoms with Crippen molar-refractivity contribution in [3.63, 3.8) is 0 Å². The van der Waals surface area contributed by atoms with Crippen molar-refractivity contribution in [3.05, 3.63) is 53.1 Å². The smallest absolute Gasteiger partial charge is 0.126 e. The van der Waals surface area contributed by atoms with Gasteiger partial charge in [-0.15, -0.1) is 0 Å². The van der Waals surface area contributed by atoms with E-state index in [2.05, 4.69) is 45.9 Å².